The minimum absolute atomic E-state index is 0.0726. The maximum atomic E-state index is 12.3. The Balaban J connectivity index is 1.37. The summed E-state index contributed by atoms with van der Waals surface area (Å²) in [5.41, 5.74) is 2.00. The lowest BCUT2D eigenvalue weighted by Gasteiger charge is -2.33. The van der Waals surface area contributed by atoms with E-state index in [1.54, 1.807) is 0 Å². The van der Waals surface area contributed by atoms with Crippen LogP contribution in [0.25, 0.3) is 0 Å². The number of ether oxygens (including phenoxy) is 1. The third kappa shape index (κ3) is 5.05. The number of hydrogen-bond donors (Lipinski definition) is 1. The average Bonchev–Trinajstić information content (AvgIpc) is 3.14. The molecule has 2 aliphatic heterocycles. The standard InChI is InChI=1S/C20H28N2O3/c1-15-4-2-5-17(14-15)21-19(23)8-7-16-9-11-22(12-10-16)20(24)18-6-3-13-25-18/h2,4-5,14,16,18H,3,6-13H2,1H3,(H,21,23). The second kappa shape index (κ2) is 8.48. The van der Waals surface area contributed by atoms with Gasteiger partial charge in [0, 0.05) is 31.8 Å². The third-order valence-electron chi connectivity index (χ3n) is 5.21. The Hall–Kier alpha value is -1.88. The topological polar surface area (TPSA) is 58.6 Å². The molecule has 2 amide bonds. The van der Waals surface area contributed by atoms with Gasteiger partial charge in [0.05, 0.1) is 0 Å². The normalized spacial score (nSPS) is 21.3. The summed E-state index contributed by atoms with van der Waals surface area (Å²) in [5, 5.41) is 2.97. The highest BCUT2D eigenvalue weighted by Crippen LogP contribution is 2.24. The van der Waals surface area contributed by atoms with Crippen LogP contribution < -0.4 is 5.32 Å². The highest BCUT2D eigenvalue weighted by atomic mass is 16.5. The number of carbonyl (C=O) groups is 2. The molecule has 1 atom stereocenters. The van der Waals surface area contributed by atoms with Gasteiger partial charge in [0.2, 0.25) is 5.91 Å². The number of benzene rings is 1. The summed E-state index contributed by atoms with van der Waals surface area (Å²) >= 11 is 0. The van der Waals surface area contributed by atoms with Gasteiger partial charge in [-0.05, 0) is 62.6 Å². The van der Waals surface area contributed by atoms with Crippen LogP contribution in [0.4, 0.5) is 5.69 Å². The van der Waals surface area contributed by atoms with Crippen molar-refractivity contribution in [1.82, 2.24) is 4.90 Å². The molecule has 0 radical (unpaired) electrons. The van der Waals surface area contributed by atoms with Crippen LogP contribution in [-0.2, 0) is 14.3 Å². The third-order valence-corrected chi connectivity index (χ3v) is 5.21. The van der Waals surface area contributed by atoms with Crippen LogP contribution in [0.2, 0.25) is 0 Å². The summed E-state index contributed by atoms with van der Waals surface area (Å²) in [6, 6.07) is 7.86. The quantitative estimate of drug-likeness (QED) is 0.893. The van der Waals surface area contributed by atoms with E-state index < -0.39 is 0 Å². The molecule has 5 nitrogen and oxygen atoms in total. The van der Waals surface area contributed by atoms with E-state index in [1.165, 1.54) is 0 Å². The number of carbonyl (C=O) groups excluding carboxylic acids is 2. The first kappa shape index (κ1) is 17.9. The van der Waals surface area contributed by atoms with Crippen LogP contribution >= 0.6 is 0 Å². The van der Waals surface area contributed by atoms with E-state index in [1.807, 2.05) is 36.1 Å². The van der Waals surface area contributed by atoms with E-state index >= 15 is 0 Å². The van der Waals surface area contributed by atoms with Crippen LogP contribution in [0.1, 0.15) is 44.1 Å². The van der Waals surface area contributed by atoms with Crippen LogP contribution in [0.15, 0.2) is 24.3 Å². The molecule has 1 N–H and O–H groups in total. The van der Waals surface area contributed by atoms with Gasteiger partial charge in [-0.1, -0.05) is 12.1 Å². The summed E-state index contributed by atoms with van der Waals surface area (Å²) in [5.74, 6) is 0.758. The van der Waals surface area contributed by atoms with E-state index in [9.17, 15) is 9.59 Å². The molecule has 2 aliphatic rings. The van der Waals surface area contributed by atoms with Crippen LogP contribution in [0.3, 0.4) is 0 Å². The number of piperidine rings is 1. The van der Waals surface area contributed by atoms with Gasteiger partial charge < -0.3 is 15.0 Å². The lowest BCUT2D eigenvalue weighted by Crippen LogP contribution is -2.43. The number of anilines is 1. The molecule has 0 aliphatic carbocycles. The maximum Gasteiger partial charge on any atom is 0.251 e. The van der Waals surface area contributed by atoms with Crippen molar-refractivity contribution in [2.45, 2.75) is 51.6 Å². The summed E-state index contributed by atoms with van der Waals surface area (Å²) in [6.07, 6.45) is 5.03. The number of nitrogens with zero attached hydrogens (tertiary/aromatic N) is 1. The minimum Gasteiger partial charge on any atom is -0.368 e. The van der Waals surface area contributed by atoms with Crippen molar-refractivity contribution >= 4 is 17.5 Å². The Morgan fingerprint density at radius 3 is 2.72 bits per heavy atom. The minimum atomic E-state index is -0.211. The summed E-state index contributed by atoms with van der Waals surface area (Å²) in [6.45, 7) is 4.32. The number of aryl methyl sites for hydroxylation is 1. The smallest absolute Gasteiger partial charge is 0.251 e. The first-order valence-corrected chi connectivity index (χ1v) is 9.39. The van der Waals surface area contributed by atoms with E-state index in [0.29, 0.717) is 18.9 Å². The fraction of sp³-hybridized carbons (Fsp3) is 0.600. The monoisotopic (exact) mass is 344 g/mol. The number of rotatable bonds is 5. The molecule has 0 saturated carbocycles. The molecule has 136 valence electrons. The first-order chi connectivity index (χ1) is 12.1. The molecule has 1 aromatic rings. The van der Waals surface area contributed by atoms with Crippen molar-refractivity contribution in [2.75, 3.05) is 25.0 Å². The number of nitrogens with one attached hydrogen (secondary N) is 1. The molecule has 0 bridgehead atoms. The van der Waals surface area contributed by atoms with Crippen LogP contribution in [-0.4, -0.2) is 42.5 Å². The van der Waals surface area contributed by atoms with E-state index in [-0.39, 0.29) is 17.9 Å². The Kier molecular flexibility index (Phi) is 6.08. The molecular formula is C20H28N2O3. The molecule has 2 fully saturated rings. The van der Waals surface area contributed by atoms with Crippen molar-refractivity contribution in [3.05, 3.63) is 29.8 Å². The van der Waals surface area contributed by atoms with Gasteiger partial charge in [-0.2, -0.15) is 0 Å². The molecule has 2 heterocycles. The second-order valence-electron chi connectivity index (χ2n) is 7.23. The second-order valence-corrected chi connectivity index (χ2v) is 7.23. The Labute approximate surface area is 149 Å². The van der Waals surface area contributed by atoms with Crippen molar-refractivity contribution < 1.29 is 14.3 Å². The molecule has 1 aromatic carbocycles. The van der Waals surface area contributed by atoms with Gasteiger partial charge in [-0.3, -0.25) is 9.59 Å². The number of hydrogen-bond acceptors (Lipinski definition) is 3. The number of likely N-dealkylation sites (tertiary alicyclic amines) is 1. The Morgan fingerprint density at radius 2 is 2.04 bits per heavy atom. The molecular weight excluding hydrogens is 316 g/mol. The van der Waals surface area contributed by atoms with E-state index in [2.05, 4.69) is 5.32 Å². The van der Waals surface area contributed by atoms with Crippen LogP contribution in [0, 0.1) is 12.8 Å². The van der Waals surface area contributed by atoms with E-state index in [4.69, 9.17) is 4.74 Å². The van der Waals surface area contributed by atoms with Gasteiger partial charge in [-0.15, -0.1) is 0 Å². The zero-order valence-electron chi connectivity index (χ0n) is 15.0. The largest absolute Gasteiger partial charge is 0.368 e. The fourth-order valence-electron chi connectivity index (χ4n) is 3.70. The zero-order chi connectivity index (χ0) is 17.6. The molecule has 25 heavy (non-hydrogen) atoms. The van der Waals surface area contributed by atoms with Gasteiger partial charge in [0.25, 0.3) is 5.91 Å². The predicted octanol–water partition coefficient (Wildman–Crippen LogP) is 3.13. The predicted molar refractivity (Wildman–Crippen MR) is 97.3 cm³/mol. The summed E-state index contributed by atoms with van der Waals surface area (Å²) in [4.78, 5) is 26.4. The van der Waals surface area contributed by atoms with Crippen LogP contribution in [0.5, 0.6) is 0 Å². The lowest BCUT2D eigenvalue weighted by atomic mass is 9.91. The van der Waals surface area contributed by atoms with Gasteiger partial charge in [-0.25, -0.2) is 0 Å². The highest BCUT2D eigenvalue weighted by molar-refractivity contribution is 5.90. The van der Waals surface area contributed by atoms with Crippen molar-refractivity contribution in [3.63, 3.8) is 0 Å². The Bertz CT molecular complexity index is 603. The average molecular weight is 344 g/mol. The van der Waals surface area contributed by atoms with Crippen molar-refractivity contribution in [3.8, 4) is 0 Å². The molecule has 2 saturated heterocycles. The molecule has 0 spiro atoms. The van der Waals surface area contributed by atoms with Gasteiger partial charge >= 0.3 is 0 Å². The summed E-state index contributed by atoms with van der Waals surface area (Å²) in [7, 11) is 0. The highest BCUT2D eigenvalue weighted by Gasteiger charge is 2.30. The Morgan fingerprint density at radius 1 is 1.24 bits per heavy atom. The SMILES string of the molecule is Cc1cccc(NC(=O)CCC2CCN(C(=O)C3CCCO3)CC2)c1. The van der Waals surface area contributed by atoms with Crippen molar-refractivity contribution in [2.24, 2.45) is 5.92 Å². The first-order valence-electron chi connectivity index (χ1n) is 9.39. The van der Waals surface area contributed by atoms with Crippen molar-refractivity contribution in [1.29, 1.82) is 0 Å². The molecule has 5 heteroatoms. The molecule has 1 unspecified atom stereocenters. The maximum absolute atomic E-state index is 12.3. The molecule has 3 rings (SSSR count). The zero-order valence-corrected chi connectivity index (χ0v) is 15.0. The van der Waals surface area contributed by atoms with E-state index in [0.717, 1.165) is 56.4 Å². The van der Waals surface area contributed by atoms with Gasteiger partial charge in [0.1, 0.15) is 6.10 Å². The van der Waals surface area contributed by atoms with Gasteiger partial charge in [0.15, 0.2) is 0 Å². The molecule has 0 aromatic heterocycles. The fourth-order valence-corrected chi connectivity index (χ4v) is 3.70. The number of amides is 2. The summed E-state index contributed by atoms with van der Waals surface area (Å²) < 4.78 is 5.49. The lowest BCUT2D eigenvalue weighted by molar-refractivity contribution is -0.142.